The third-order valence-corrected chi connectivity index (χ3v) is 7.13. The van der Waals surface area contributed by atoms with E-state index in [4.69, 9.17) is 9.47 Å². The summed E-state index contributed by atoms with van der Waals surface area (Å²) >= 11 is 3.47. The highest BCUT2D eigenvalue weighted by Gasteiger charge is 2.67. The number of allylic oxidation sites excluding steroid dienone is 2. The summed E-state index contributed by atoms with van der Waals surface area (Å²) < 4.78 is 11.5. The molecule has 0 radical (unpaired) electrons. The van der Waals surface area contributed by atoms with Crippen LogP contribution < -0.4 is 9.47 Å². The predicted octanol–water partition coefficient (Wildman–Crippen LogP) is 2.56. The van der Waals surface area contributed by atoms with Gasteiger partial charge in [-0.2, -0.15) is 10.1 Å². The van der Waals surface area contributed by atoms with Crippen LogP contribution in [0.5, 0.6) is 11.5 Å². The minimum absolute atomic E-state index is 0.155. The van der Waals surface area contributed by atoms with Gasteiger partial charge in [-0.3, -0.25) is 9.59 Å². The Morgan fingerprint density at radius 2 is 1.65 bits per heavy atom. The van der Waals surface area contributed by atoms with Crippen LogP contribution in [0, 0.1) is 35.5 Å². The lowest BCUT2D eigenvalue weighted by molar-refractivity contribution is -0.140. The molecule has 2 saturated carbocycles. The van der Waals surface area contributed by atoms with Crippen LogP contribution in [-0.2, 0) is 9.59 Å². The van der Waals surface area contributed by atoms with Crippen LogP contribution in [0.2, 0.25) is 0 Å². The lowest BCUT2D eigenvalue weighted by Crippen LogP contribution is -2.40. The molecule has 2 aliphatic heterocycles. The minimum Gasteiger partial charge on any atom is -0.454 e. The number of hydrogen-bond donors (Lipinski definition) is 0. The van der Waals surface area contributed by atoms with E-state index in [0.29, 0.717) is 23.3 Å². The normalized spacial score (nSPS) is 38.3. The van der Waals surface area contributed by atoms with E-state index in [1.54, 1.807) is 12.1 Å². The largest absolute Gasteiger partial charge is 0.454 e. The molecule has 1 aromatic rings. The quantitative estimate of drug-likeness (QED) is 0.423. The summed E-state index contributed by atoms with van der Waals surface area (Å²) in [6, 6.07) is 3.59. The molecule has 0 spiro atoms. The van der Waals surface area contributed by atoms with Gasteiger partial charge in [-0.25, -0.2) is 0 Å². The Morgan fingerprint density at radius 1 is 1.04 bits per heavy atom. The molecule has 7 heteroatoms. The minimum atomic E-state index is -0.224. The third kappa shape index (κ3) is 1.84. The van der Waals surface area contributed by atoms with Crippen molar-refractivity contribution in [3.05, 3.63) is 34.3 Å². The molecule has 2 amide bonds. The summed E-state index contributed by atoms with van der Waals surface area (Å²) in [5, 5.41) is 5.35. The van der Waals surface area contributed by atoms with Gasteiger partial charge in [0.2, 0.25) is 6.79 Å². The molecule has 4 aliphatic carbocycles. The molecule has 7 rings (SSSR count). The van der Waals surface area contributed by atoms with Crippen LogP contribution in [-0.4, -0.2) is 29.8 Å². The zero-order valence-corrected chi connectivity index (χ0v) is 15.3. The van der Waals surface area contributed by atoms with Crippen LogP contribution in [0.3, 0.4) is 0 Å². The van der Waals surface area contributed by atoms with Gasteiger partial charge in [0, 0.05) is 10.0 Å². The van der Waals surface area contributed by atoms with E-state index in [-0.39, 0.29) is 42.3 Å². The molecule has 1 saturated heterocycles. The molecule has 132 valence electrons. The number of imide groups is 1. The van der Waals surface area contributed by atoms with Crippen molar-refractivity contribution >= 4 is 34.0 Å². The average molecular weight is 415 g/mol. The Labute approximate surface area is 157 Å². The van der Waals surface area contributed by atoms with Gasteiger partial charge >= 0.3 is 0 Å². The fourth-order valence-corrected chi connectivity index (χ4v) is 5.63. The molecule has 3 fully saturated rings. The molecule has 6 atom stereocenters. The summed E-state index contributed by atoms with van der Waals surface area (Å²) in [7, 11) is 0. The van der Waals surface area contributed by atoms with Crippen molar-refractivity contribution in [3.8, 4) is 11.5 Å². The van der Waals surface area contributed by atoms with Crippen LogP contribution >= 0.6 is 15.9 Å². The van der Waals surface area contributed by atoms with Crippen LogP contribution in [0.15, 0.2) is 33.9 Å². The smallest absolute Gasteiger partial charge is 0.254 e. The lowest BCUT2D eigenvalue weighted by Gasteiger charge is -2.37. The highest BCUT2D eigenvalue weighted by atomic mass is 79.9. The Balaban J connectivity index is 1.32. The van der Waals surface area contributed by atoms with Gasteiger partial charge in [0.1, 0.15) is 0 Å². The Hall–Kier alpha value is -2.15. The van der Waals surface area contributed by atoms with Crippen molar-refractivity contribution in [2.75, 3.05) is 6.79 Å². The van der Waals surface area contributed by atoms with Gasteiger partial charge in [-0.15, -0.1) is 0 Å². The summed E-state index contributed by atoms with van der Waals surface area (Å²) in [5.74, 6) is 2.14. The number of fused-ring (bicyclic) bond motifs is 1. The van der Waals surface area contributed by atoms with Crippen molar-refractivity contribution in [3.63, 3.8) is 0 Å². The second-order valence-corrected chi connectivity index (χ2v) is 8.47. The fraction of sp³-hybridized carbons (Fsp3) is 0.421. The van der Waals surface area contributed by atoms with Crippen molar-refractivity contribution in [1.29, 1.82) is 0 Å². The number of hydrogen-bond acceptors (Lipinski definition) is 5. The number of carbonyl (C=O) groups excluding carboxylic acids is 2. The van der Waals surface area contributed by atoms with Gasteiger partial charge in [-0.1, -0.05) is 12.2 Å². The monoisotopic (exact) mass is 414 g/mol. The van der Waals surface area contributed by atoms with E-state index in [1.807, 2.05) is 0 Å². The molecule has 6 nitrogen and oxygen atoms in total. The van der Waals surface area contributed by atoms with E-state index in [9.17, 15) is 9.59 Å². The first-order valence-electron chi connectivity index (χ1n) is 8.83. The number of amides is 2. The van der Waals surface area contributed by atoms with Crippen molar-refractivity contribution in [1.82, 2.24) is 5.01 Å². The number of benzene rings is 1. The van der Waals surface area contributed by atoms with E-state index in [2.05, 4.69) is 33.2 Å². The highest BCUT2D eigenvalue weighted by Crippen LogP contribution is 2.65. The van der Waals surface area contributed by atoms with Gasteiger partial charge < -0.3 is 9.47 Å². The lowest BCUT2D eigenvalue weighted by atomic mass is 9.63. The standard InChI is InChI=1S/C19H15BrN2O4/c20-13-5-15-14(25-7-26-15)3-8(13)6-21-22-18(23)16-9-1-2-10(12-4-11(9)12)17(16)19(22)24/h1-3,5-6,9-12,16-17H,4,7H2/t9-,10-,11-,12+,16-,17+/m0/s1. The maximum Gasteiger partial charge on any atom is 0.254 e. The van der Waals surface area contributed by atoms with Gasteiger partial charge in [-0.05, 0) is 58.2 Å². The summed E-state index contributed by atoms with van der Waals surface area (Å²) in [6.07, 6.45) is 7.01. The maximum absolute atomic E-state index is 12.9. The number of rotatable bonds is 2. The molecule has 26 heavy (non-hydrogen) atoms. The second-order valence-electron chi connectivity index (χ2n) is 7.61. The molecule has 6 aliphatic rings. The van der Waals surface area contributed by atoms with Crippen molar-refractivity contribution < 1.29 is 19.1 Å². The molecule has 2 bridgehead atoms. The van der Waals surface area contributed by atoms with E-state index >= 15 is 0 Å². The van der Waals surface area contributed by atoms with Crippen molar-refractivity contribution in [2.45, 2.75) is 6.42 Å². The Kier molecular flexibility index (Phi) is 2.86. The first-order valence-corrected chi connectivity index (χ1v) is 9.62. The van der Waals surface area contributed by atoms with Gasteiger partial charge in [0.15, 0.2) is 11.5 Å². The molecular formula is C19H15BrN2O4. The summed E-state index contributed by atoms with van der Waals surface area (Å²) in [4.78, 5) is 25.8. The maximum atomic E-state index is 12.9. The van der Waals surface area contributed by atoms with Gasteiger partial charge in [0.25, 0.3) is 11.8 Å². The van der Waals surface area contributed by atoms with Crippen LogP contribution in [0.25, 0.3) is 0 Å². The molecule has 0 aromatic heterocycles. The number of ether oxygens (including phenoxy) is 2. The molecule has 2 heterocycles. The summed E-state index contributed by atoms with van der Waals surface area (Å²) in [5.41, 5.74) is 0.730. The predicted molar refractivity (Wildman–Crippen MR) is 94.4 cm³/mol. The molecular weight excluding hydrogens is 400 g/mol. The number of hydrazone groups is 1. The van der Waals surface area contributed by atoms with E-state index in [0.717, 1.165) is 21.5 Å². The average Bonchev–Trinajstić information content (AvgIpc) is 3.29. The Bertz CT molecular complexity index is 890. The number of carbonyl (C=O) groups is 2. The zero-order valence-electron chi connectivity index (χ0n) is 13.7. The topological polar surface area (TPSA) is 68.2 Å². The fourth-order valence-electron chi connectivity index (χ4n) is 5.21. The number of nitrogens with zero attached hydrogens (tertiary/aromatic N) is 2. The SMILES string of the molecule is O=C1[C@@H]2[C@H]3C=C[C@@H]([C@@H]4C[C@H]34)[C@@H]2C(=O)N1N=Cc1cc2c(cc1Br)OCO2. The van der Waals surface area contributed by atoms with Gasteiger partial charge in [0.05, 0.1) is 18.1 Å². The number of halogens is 1. The molecule has 0 N–H and O–H groups in total. The summed E-state index contributed by atoms with van der Waals surface area (Å²) in [6.45, 7) is 0.187. The Morgan fingerprint density at radius 3 is 2.31 bits per heavy atom. The molecule has 0 unspecified atom stereocenters. The highest BCUT2D eigenvalue weighted by molar-refractivity contribution is 9.10. The first-order chi connectivity index (χ1) is 12.6. The molecule has 1 aromatic carbocycles. The third-order valence-electron chi connectivity index (χ3n) is 6.44. The van der Waals surface area contributed by atoms with E-state index in [1.165, 1.54) is 6.21 Å². The van der Waals surface area contributed by atoms with Crippen LogP contribution in [0.1, 0.15) is 12.0 Å². The first kappa shape index (κ1) is 15.0. The second kappa shape index (κ2) is 4.97. The van der Waals surface area contributed by atoms with E-state index < -0.39 is 0 Å². The zero-order chi connectivity index (χ0) is 17.6. The van der Waals surface area contributed by atoms with Crippen LogP contribution in [0.4, 0.5) is 0 Å². The van der Waals surface area contributed by atoms with Crippen molar-refractivity contribution in [2.24, 2.45) is 40.6 Å².